The average Bonchev–Trinajstić information content (AvgIpc) is 2.95. The third-order valence-corrected chi connectivity index (χ3v) is 6.57. The van der Waals surface area contributed by atoms with E-state index < -0.39 is 5.97 Å². The Balaban J connectivity index is 3.19. The van der Waals surface area contributed by atoms with E-state index in [1.165, 1.54) is 51.4 Å². The average molecular weight is 586 g/mol. The summed E-state index contributed by atoms with van der Waals surface area (Å²) in [5.74, 6) is -0.710. The molecule has 0 saturated heterocycles. The number of carboxylic acids is 1. The van der Waals surface area contributed by atoms with E-state index in [0.717, 1.165) is 38.5 Å². The number of carbonyl (C=O) groups excluding carboxylic acids is 3. The second-order valence-electron chi connectivity index (χ2n) is 10.4. The highest BCUT2D eigenvalue weighted by Crippen LogP contribution is 2.13. The first-order chi connectivity index (χ1) is 20.1. The molecule has 0 bridgehead atoms. The van der Waals surface area contributed by atoms with Gasteiger partial charge >= 0.3 is 5.97 Å². The summed E-state index contributed by atoms with van der Waals surface area (Å²) in [5, 5.41) is 14.3. The van der Waals surface area contributed by atoms with Crippen LogP contribution in [0.3, 0.4) is 0 Å². The Labute approximate surface area is 248 Å². The van der Waals surface area contributed by atoms with Gasteiger partial charge in [0.1, 0.15) is 0 Å². The maximum atomic E-state index is 11.9. The summed E-state index contributed by atoms with van der Waals surface area (Å²) in [6.45, 7) is 4.26. The molecular weight excluding hydrogens is 528 g/mol. The molecule has 0 fully saturated rings. The first-order valence-electron chi connectivity index (χ1n) is 15.9. The van der Waals surface area contributed by atoms with Crippen LogP contribution in [0.25, 0.3) is 0 Å². The van der Waals surface area contributed by atoms with Crippen molar-refractivity contribution in [2.45, 2.75) is 122 Å². The molecule has 41 heavy (non-hydrogen) atoms. The molecule has 3 N–H and O–H groups in total. The number of rotatable bonds is 33. The van der Waals surface area contributed by atoms with E-state index in [1.54, 1.807) is 6.29 Å². The van der Waals surface area contributed by atoms with Crippen LogP contribution in [0.1, 0.15) is 122 Å². The normalized spacial score (nSPS) is 10.9. The molecule has 0 aromatic carbocycles. The van der Waals surface area contributed by atoms with Crippen molar-refractivity contribution in [3.05, 3.63) is 0 Å². The summed E-state index contributed by atoms with van der Waals surface area (Å²) in [6, 6.07) is 0. The lowest BCUT2D eigenvalue weighted by molar-refractivity contribution is -0.137. The van der Waals surface area contributed by atoms with Crippen LogP contribution in [-0.2, 0) is 33.4 Å². The van der Waals surface area contributed by atoms with Crippen LogP contribution < -0.4 is 10.6 Å². The summed E-state index contributed by atoms with van der Waals surface area (Å²) in [5.41, 5.74) is 0. The van der Waals surface area contributed by atoms with Crippen molar-refractivity contribution in [1.82, 2.24) is 10.6 Å². The number of nitrogens with one attached hydrogen (secondary N) is 2. The molecule has 0 atom stereocenters. The van der Waals surface area contributed by atoms with E-state index in [1.807, 2.05) is 0 Å². The number of hydrogen-bond acceptors (Lipinski definition) is 7. The van der Waals surface area contributed by atoms with Crippen molar-refractivity contribution >= 4 is 24.1 Å². The third kappa shape index (κ3) is 34.1. The Kier molecular flexibility index (Phi) is 30.9. The summed E-state index contributed by atoms with van der Waals surface area (Å²) < 4.78 is 16.4. The molecule has 0 aliphatic heterocycles. The number of hydrogen-bond donors (Lipinski definition) is 3. The number of ether oxygens (including phenoxy) is 3. The fourth-order valence-corrected chi connectivity index (χ4v) is 4.19. The quantitative estimate of drug-likeness (QED) is 0.0927. The van der Waals surface area contributed by atoms with E-state index in [9.17, 15) is 19.2 Å². The zero-order valence-electron chi connectivity index (χ0n) is 25.4. The molecule has 0 saturated carbocycles. The lowest BCUT2D eigenvalue weighted by Crippen LogP contribution is -2.25. The molecule has 2 amide bonds. The molecule has 1 radical (unpaired) electrons. The molecule has 239 valence electrons. The van der Waals surface area contributed by atoms with E-state index in [2.05, 4.69) is 10.6 Å². The van der Waals surface area contributed by atoms with Crippen LogP contribution in [0.4, 0.5) is 0 Å². The van der Waals surface area contributed by atoms with E-state index >= 15 is 0 Å². The van der Waals surface area contributed by atoms with Crippen molar-refractivity contribution in [2.75, 3.05) is 52.7 Å². The van der Waals surface area contributed by atoms with Crippen molar-refractivity contribution in [2.24, 2.45) is 0 Å². The number of aliphatic carboxylic acids is 1. The number of amides is 2. The monoisotopic (exact) mass is 585 g/mol. The second kappa shape index (κ2) is 32.5. The first kappa shape index (κ1) is 39.0. The minimum Gasteiger partial charge on any atom is -0.481 e. The summed E-state index contributed by atoms with van der Waals surface area (Å²) in [7, 11) is 0. The maximum Gasteiger partial charge on any atom is 0.303 e. The summed E-state index contributed by atoms with van der Waals surface area (Å²) >= 11 is 0. The van der Waals surface area contributed by atoms with E-state index in [4.69, 9.17) is 19.3 Å². The molecule has 0 aliphatic rings. The maximum absolute atomic E-state index is 11.9. The molecule has 0 aromatic rings. The van der Waals surface area contributed by atoms with Gasteiger partial charge in [0.2, 0.25) is 11.8 Å². The van der Waals surface area contributed by atoms with E-state index in [0.29, 0.717) is 72.0 Å². The zero-order valence-corrected chi connectivity index (χ0v) is 25.4. The molecule has 0 unspecified atom stereocenters. The van der Waals surface area contributed by atoms with Gasteiger partial charge in [0, 0.05) is 52.0 Å². The third-order valence-electron chi connectivity index (χ3n) is 6.57. The smallest absolute Gasteiger partial charge is 0.303 e. The molecule has 0 aliphatic carbocycles. The van der Waals surface area contributed by atoms with Gasteiger partial charge < -0.3 is 30.0 Å². The van der Waals surface area contributed by atoms with Gasteiger partial charge in [-0.15, -0.1) is 0 Å². The molecule has 0 aromatic heterocycles. The first-order valence-corrected chi connectivity index (χ1v) is 15.9. The van der Waals surface area contributed by atoms with Gasteiger partial charge in [0.25, 0.3) is 0 Å². The van der Waals surface area contributed by atoms with Gasteiger partial charge in [-0.05, 0) is 25.7 Å². The molecule has 0 spiro atoms. The SMILES string of the molecule is O=[C]CCC(=O)NCCCOCCOCCOCCCNC(=O)CCCCCCCCCCCCCCCC(=O)O. The highest BCUT2D eigenvalue weighted by atomic mass is 16.5. The van der Waals surface area contributed by atoms with Gasteiger partial charge in [-0.25, -0.2) is 0 Å². The molecular formula is C31H57N2O8. The number of unbranched alkanes of at least 4 members (excludes halogenated alkanes) is 12. The van der Waals surface area contributed by atoms with Crippen LogP contribution in [-0.4, -0.2) is 81.9 Å². The lowest BCUT2D eigenvalue weighted by atomic mass is 10.0. The van der Waals surface area contributed by atoms with E-state index in [-0.39, 0.29) is 24.7 Å². The fraction of sp³-hybridized carbons (Fsp3) is 0.871. The van der Waals surface area contributed by atoms with Gasteiger partial charge in [0.15, 0.2) is 6.29 Å². The Morgan fingerprint density at radius 3 is 1.27 bits per heavy atom. The zero-order chi connectivity index (χ0) is 30.1. The van der Waals surface area contributed by atoms with Gasteiger partial charge in [0.05, 0.1) is 26.4 Å². The standard InChI is InChI=1S/C31H57N2O8/c34-22-14-18-30(36)33-21-16-24-40-26-28-41-27-25-39-23-15-20-32-29(35)17-12-10-8-6-4-2-1-3-5-7-9-11-13-19-31(37)38/h1-21,23-28H2,(H,32,35)(H,33,36)(H,37,38). The summed E-state index contributed by atoms with van der Waals surface area (Å²) in [6.07, 6.45) is 19.5. The predicted molar refractivity (Wildman–Crippen MR) is 160 cm³/mol. The highest BCUT2D eigenvalue weighted by molar-refractivity contribution is 5.78. The van der Waals surface area contributed by atoms with Crippen LogP contribution in [0.15, 0.2) is 0 Å². The van der Waals surface area contributed by atoms with Crippen LogP contribution in [0.2, 0.25) is 0 Å². The molecule has 10 heteroatoms. The molecule has 0 rings (SSSR count). The Hall–Kier alpha value is -2.04. The Morgan fingerprint density at radius 2 is 0.854 bits per heavy atom. The second-order valence-corrected chi connectivity index (χ2v) is 10.4. The Morgan fingerprint density at radius 1 is 0.488 bits per heavy atom. The van der Waals surface area contributed by atoms with Gasteiger partial charge in [-0.1, -0.05) is 70.6 Å². The van der Waals surface area contributed by atoms with Crippen molar-refractivity contribution < 1.29 is 38.5 Å². The number of carbonyl (C=O) groups is 3. The topological polar surface area (TPSA) is 140 Å². The highest BCUT2D eigenvalue weighted by Gasteiger charge is 2.02. The van der Waals surface area contributed by atoms with Crippen LogP contribution in [0.5, 0.6) is 0 Å². The lowest BCUT2D eigenvalue weighted by Gasteiger charge is -2.08. The molecule has 0 heterocycles. The van der Waals surface area contributed by atoms with Crippen molar-refractivity contribution in [1.29, 1.82) is 0 Å². The number of carboxylic acid groups (broad SMARTS) is 1. The minimum absolute atomic E-state index is 0.121. The van der Waals surface area contributed by atoms with Gasteiger partial charge in [-0.3, -0.25) is 19.2 Å². The largest absolute Gasteiger partial charge is 0.481 e. The van der Waals surface area contributed by atoms with Crippen LogP contribution in [0, 0.1) is 0 Å². The molecule has 10 nitrogen and oxygen atoms in total. The Bertz CT molecular complexity index is 633. The van der Waals surface area contributed by atoms with Crippen molar-refractivity contribution in [3.63, 3.8) is 0 Å². The fourth-order valence-electron chi connectivity index (χ4n) is 4.19. The van der Waals surface area contributed by atoms with Crippen LogP contribution >= 0.6 is 0 Å². The predicted octanol–water partition coefficient (Wildman–Crippen LogP) is 4.87. The van der Waals surface area contributed by atoms with Gasteiger partial charge in [-0.2, -0.15) is 0 Å². The minimum atomic E-state index is -0.687. The summed E-state index contributed by atoms with van der Waals surface area (Å²) in [4.78, 5) is 43.8. The van der Waals surface area contributed by atoms with Crippen molar-refractivity contribution in [3.8, 4) is 0 Å².